The highest BCUT2D eigenvalue weighted by atomic mass is 16.5. The number of esters is 1. The van der Waals surface area contributed by atoms with E-state index in [1.54, 1.807) is 6.08 Å². The molecular formula is C15H28O2. The van der Waals surface area contributed by atoms with E-state index in [0.29, 0.717) is 24.4 Å². The molecular weight excluding hydrogens is 212 g/mol. The molecule has 0 aromatic heterocycles. The zero-order valence-electron chi connectivity index (χ0n) is 12.2. The number of allylic oxidation sites excluding steroid dienone is 1. The molecule has 0 unspecified atom stereocenters. The lowest BCUT2D eigenvalue weighted by atomic mass is 9.95. The number of hydrogen-bond donors (Lipinski definition) is 0. The van der Waals surface area contributed by atoms with Gasteiger partial charge >= 0.3 is 5.97 Å². The van der Waals surface area contributed by atoms with Crippen LogP contribution in [0, 0.1) is 17.8 Å². The lowest BCUT2D eigenvalue weighted by Gasteiger charge is -2.13. The molecule has 2 heteroatoms. The van der Waals surface area contributed by atoms with Crippen molar-refractivity contribution in [2.24, 2.45) is 17.8 Å². The lowest BCUT2D eigenvalue weighted by Crippen LogP contribution is -2.09. The molecule has 0 aromatic rings. The fourth-order valence-electron chi connectivity index (χ4n) is 1.71. The highest BCUT2D eigenvalue weighted by molar-refractivity contribution is 5.82. The maximum atomic E-state index is 11.6. The van der Waals surface area contributed by atoms with E-state index in [2.05, 4.69) is 27.7 Å². The quantitative estimate of drug-likeness (QED) is 0.492. The van der Waals surface area contributed by atoms with Gasteiger partial charge in [-0.2, -0.15) is 0 Å². The van der Waals surface area contributed by atoms with Crippen molar-refractivity contribution < 1.29 is 9.53 Å². The van der Waals surface area contributed by atoms with Crippen LogP contribution in [0.4, 0.5) is 0 Å². The third-order valence-corrected chi connectivity index (χ3v) is 2.22. The van der Waals surface area contributed by atoms with E-state index in [1.807, 2.05) is 13.8 Å². The summed E-state index contributed by atoms with van der Waals surface area (Å²) in [5, 5.41) is 0. The molecule has 0 N–H and O–H groups in total. The molecule has 0 spiro atoms. The summed E-state index contributed by atoms with van der Waals surface area (Å²) in [4.78, 5) is 11.6. The number of carbonyl (C=O) groups is 1. The first-order valence-electron chi connectivity index (χ1n) is 6.67. The van der Waals surface area contributed by atoms with E-state index in [1.165, 1.54) is 5.57 Å². The Morgan fingerprint density at radius 3 is 1.76 bits per heavy atom. The van der Waals surface area contributed by atoms with E-state index in [0.717, 1.165) is 12.8 Å². The molecule has 0 fully saturated rings. The lowest BCUT2D eigenvalue weighted by molar-refractivity contribution is -0.138. The third-order valence-electron chi connectivity index (χ3n) is 2.22. The molecule has 0 amide bonds. The van der Waals surface area contributed by atoms with Crippen molar-refractivity contribution in [2.45, 2.75) is 54.4 Å². The molecule has 0 atom stereocenters. The second kappa shape index (κ2) is 8.32. The van der Waals surface area contributed by atoms with Crippen molar-refractivity contribution in [3.63, 3.8) is 0 Å². The molecule has 0 saturated heterocycles. The zero-order chi connectivity index (χ0) is 13.4. The highest BCUT2D eigenvalue weighted by Crippen LogP contribution is 2.19. The molecule has 0 rings (SSSR count). The average Bonchev–Trinajstić information content (AvgIpc) is 2.12. The minimum atomic E-state index is -0.185. The van der Waals surface area contributed by atoms with Crippen LogP contribution in [0.1, 0.15) is 54.4 Å². The normalized spacial score (nSPS) is 11.1. The summed E-state index contributed by atoms with van der Waals surface area (Å²) < 4.78 is 5.18. The Morgan fingerprint density at radius 1 is 0.941 bits per heavy atom. The summed E-state index contributed by atoms with van der Waals surface area (Å²) in [6, 6.07) is 0. The topological polar surface area (TPSA) is 26.3 Å². The second-order valence-electron chi connectivity index (χ2n) is 6.02. The van der Waals surface area contributed by atoms with Crippen LogP contribution in [0.2, 0.25) is 0 Å². The predicted octanol–water partition coefficient (Wildman–Crippen LogP) is 4.20. The number of hydrogen-bond acceptors (Lipinski definition) is 2. The minimum Gasteiger partial charge on any atom is -0.462 e. The van der Waals surface area contributed by atoms with Crippen molar-refractivity contribution in [1.82, 2.24) is 0 Å². The smallest absolute Gasteiger partial charge is 0.330 e. The van der Waals surface area contributed by atoms with Gasteiger partial charge < -0.3 is 4.74 Å². The van der Waals surface area contributed by atoms with Crippen molar-refractivity contribution in [3.8, 4) is 0 Å². The average molecular weight is 240 g/mol. The maximum Gasteiger partial charge on any atom is 0.330 e. The van der Waals surface area contributed by atoms with Gasteiger partial charge in [-0.3, -0.25) is 0 Å². The summed E-state index contributed by atoms with van der Waals surface area (Å²) in [5.41, 5.74) is 1.21. The first kappa shape index (κ1) is 16.2. The van der Waals surface area contributed by atoms with Crippen LogP contribution in [0.15, 0.2) is 11.6 Å². The summed E-state index contributed by atoms with van der Waals surface area (Å²) in [6.45, 7) is 13.3. The maximum absolute atomic E-state index is 11.6. The van der Waals surface area contributed by atoms with Gasteiger partial charge in [0.05, 0.1) is 6.61 Å². The molecule has 100 valence electrons. The Hall–Kier alpha value is -0.790. The van der Waals surface area contributed by atoms with Crippen molar-refractivity contribution in [3.05, 3.63) is 11.6 Å². The van der Waals surface area contributed by atoms with Gasteiger partial charge in [0.1, 0.15) is 0 Å². The first-order chi connectivity index (χ1) is 7.81. The standard InChI is InChI=1S/C15H28O2/c1-11(2)7-14(8-12(3)4)9-15(16)17-10-13(5)6/h9,11-13H,7-8,10H2,1-6H3. The van der Waals surface area contributed by atoms with Crippen LogP contribution in [0.5, 0.6) is 0 Å². The molecule has 0 heterocycles. The number of ether oxygens (including phenoxy) is 1. The van der Waals surface area contributed by atoms with E-state index in [9.17, 15) is 4.79 Å². The van der Waals surface area contributed by atoms with Gasteiger partial charge in [0.25, 0.3) is 0 Å². The molecule has 0 aliphatic heterocycles. The van der Waals surface area contributed by atoms with Crippen LogP contribution in [-0.4, -0.2) is 12.6 Å². The predicted molar refractivity (Wildman–Crippen MR) is 72.8 cm³/mol. The first-order valence-corrected chi connectivity index (χ1v) is 6.67. The van der Waals surface area contributed by atoms with Crippen LogP contribution in [-0.2, 0) is 9.53 Å². The SMILES string of the molecule is CC(C)COC(=O)C=C(CC(C)C)CC(C)C. The van der Waals surface area contributed by atoms with Crippen molar-refractivity contribution in [1.29, 1.82) is 0 Å². The summed E-state index contributed by atoms with van der Waals surface area (Å²) in [5.74, 6) is 1.37. The molecule has 0 saturated carbocycles. The fraction of sp³-hybridized carbons (Fsp3) is 0.800. The van der Waals surface area contributed by atoms with Gasteiger partial charge in [-0.25, -0.2) is 4.79 Å². The molecule has 17 heavy (non-hydrogen) atoms. The number of rotatable bonds is 7. The van der Waals surface area contributed by atoms with Gasteiger partial charge in [0.15, 0.2) is 0 Å². The summed E-state index contributed by atoms with van der Waals surface area (Å²) >= 11 is 0. The molecule has 0 aromatic carbocycles. The Morgan fingerprint density at radius 2 is 1.41 bits per heavy atom. The number of carbonyl (C=O) groups excluding carboxylic acids is 1. The van der Waals surface area contributed by atoms with Gasteiger partial charge in [-0.05, 0) is 30.6 Å². The van der Waals surface area contributed by atoms with Gasteiger partial charge in [-0.15, -0.1) is 0 Å². The van der Waals surface area contributed by atoms with Crippen LogP contribution in [0.25, 0.3) is 0 Å². The fourth-order valence-corrected chi connectivity index (χ4v) is 1.71. The van der Waals surface area contributed by atoms with Gasteiger partial charge in [0, 0.05) is 6.08 Å². The van der Waals surface area contributed by atoms with E-state index < -0.39 is 0 Å². The molecule has 2 nitrogen and oxygen atoms in total. The van der Waals surface area contributed by atoms with Crippen LogP contribution in [0.3, 0.4) is 0 Å². The second-order valence-corrected chi connectivity index (χ2v) is 6.02. The Balaban J connectivity index is 4.38. The van der Waals surface area contributed by atoms with Crippen molar-refractivity contribution >= 4 is 5.97 Å². The minimum absolute atomic E-state index is 0.185. The Bertz CT molecular complexity index is 238. The molecule has 0 bridgehead atoms. The summed E-state index contributed by atoms with van der Waals surface area (Å²) in [6.07, 6.45) is 3.66. The third kappa shape index (κ3) is 10.1. The zero-order valence-corrected chi connectivity index (χ0v) is 12.2. The molecule has 0 radical (unpaired) electrons. The summed E-state index contributed by atoms with van der Waals surface area (Å²) in [7, 11) is 0. The largest absolute Gasteiger partial charge is 0.462 e. The van der Waals surface area contributed by atoms with Crippen LogP contribution >= 0.6 is 0 Å². The van der Waals surface area contributed by atoms with Gasteiger partial charge in [-0.1, -0.05) is 47.1 Å². The van der Waals surface area contributed by atoms with E-state index in [4.69, 9.17) is 4.74 Å². The van der Waals surface area contributed by atoms with Crippen LogP contribution < -0.4 is 0 Å². The monoisotopic (exact) mass is 240 g/mol. The highest BCUT2D eigenvalue weighted by Gasteiger charge is 2.08. The van der Waals surface area contributed by atoms with Crippen molar-refractivity contribution in [2.75, 3.05) is 6.61 Å². The van der Waals surface area contributed by atoms with Gasteiger partial charge in [0.2, 0.25) is 0 Å². The Labute approximate surface area is 106 Å². The Kier molecular flexibility index (Phi) is 7.94. The molecule has 0 aliphatic rings. The van der Waals surface area contributed by atoms with E-state index in [-0.39, 0.29) is 5.97 Å². The van der Waals surface area contributed by atoms with E-state index >= 15 is 0 Å². The molecule has 0 aliphatic carbocycles.